The fourth-order valence-corrected chi connectivity index (χ4v) is 7.19. The van der Waals surface area contributed by atoms with E-state index in [0.717, 1.165) is 36.4 Å². The van der Waals surface area contributed by atoms with Crippen LogP contribution in [0.2, 0.25) is 0 Å². The molecule has 6 aromatic rings. The van der Waals surface area contributed by atoms with E-state index in [1.165, 1.54) is 0 Å². The van der Waals surface area contributed by atoms with Crippen molar-refractivity contribution in [3.05, 3.63) is 232 Å². The van der Waals surface area contributed by atoms with E-state index in [1.807, 2.05) is 0 Å². The minimum absolute atomic E-state index is 0.197. The second-order valence-corrected chi connectivity index (χ2v) is 13.1. The van der Waals surface area contributed by atoms with Crippen LogP contribution in [0, 0.1) is 40.5 Å². The molecule has 0 fully saturated rings. The Morgan fingerprint density at radius 1 is 0.345 bits per heavy atom. The van der Waals surface area contributed by atoms with Crippen molar-refractivity contribution in [3.8, 4) is 0 Å². The van der Waals surface area contributed by atoms with E-state index in [9.17, 15) is 40.5 Å². The first-order chi connectivity index (χ1) is 28.0. The van der Waals surface area contributed by atoms with E-state index in [0.29, 0.717) is 22.3 Å². The monoisotopic (exact) mass is 770 g/mol. The van der Waals surface area contributed by atoms with Gasteiger partial charge in [-0.1, -0.05) is 121 Å². The van der Waals surface area contributed by atoms with Gasteiger partial charge in [-0.2, -0.15) is 0 Å². The van der Waals surface area contributed by atoms with Crippen molar-refractivity contribution < 1.29 is 19.7 Å². The number of nitro groups is 4. The van der Waals surface area contributed by atoms with Crippen LogP contribution in [0.4, 0.5) is 22.7 Å². The van der Waals surface area contributed by atoms with Gasteiger partial charge < -0.3 is 0 Å². The van der Waals surface area contributed by atoms with Crippen molar-refractivity contribution in [2.24, 2.45) is 20.0 Å². The van der Waals surface area contributed by atoms with Crippen LogP contribution in [0.25, 0.3) is 0 Å². The summed E-state index contributed by atoms with van der Waals surface area (Å²) in [6.07, 6.45) is 0. The van der Waals surface area contributed by atoms with E-state index in [1.54, 1.807) is 121 Å². The predicted octanol–water partition coefficient (Wildman–Crippen LogP) is 8.31. The van der Waals surface area contributed by atoms with E-state index in [4.69, 9.17) is 20.0 Å². The molecule has 0 spiro atoms. The molecule has 2 aliphatic heterocycles. The van der Waals surface area contributed by atoms with Crippen molar-refractivity contribution in [2.45, 2.75) is 11.3 Å². The summed E-state index contributed by atoms with van der Waals surface area (Å²) in [5.41, 5.74) is -5.70. The van der Waals surface area contributed by atoms with Crippen LogP contribution in [0.5, 0.6) is 0 Å². The van der Waals surface area contributed by atoms with Gasteiger partial charge in [-0.25, -0.2) is 20.0 Å². The quantitative estimate of drug-likeness (QED) is 0.0918. The summed E-state index contributed by atoms with van der Waals surface area (Å²) in [6.45, 7) is 0. The predicted molar refractivity (Wildman–Crippen MR) is 215 cm³/mol. The number of nitrogens with zero attached hydrogens (tertiary/aromatic N) is 8. The Balaban J connectivity index is 1.63. The highest BCUT2D eigenvalue weighted by Crippen LogP contribution is 2.58. The third kappa shape index (κ3) is 6.06. The Morgan fingerprint density at radius 3 is 0.828 bits per heavy atom. The number of hydrogen-bond donors (Lipinski definition) is 0. The molecule has 16 heteroatoms. The lowest BCUT2D eigenvalue weighted by Gasteiger charge is -2.37. The van der Waals surface area contributed by atoms with Gasteiger partial charge in [0.25, 0.3) is 22.7 Å². The van der Waals surface area contributed by atoms with Crippen LogP contribution < -0.4 is 0 Å². The number of nitro benzene ring substituents is 4. The van der Waals surface area contributed by atoms with Gasteiger partial charge in [0.05, 0.1) is 65.8 Å². The van der Waals surface area contributed by atoms with Gasteiger partial charge in [-0.05, 0) is 12.1 Å². The molecule has 0 atom stereocenters. The molecule has 0 bridgehead atoms. The molecule has 8 rings (SSSR count). The first kappa shape index (κ1) is 36.6. The smallest absolute Gasteiger partial charge is 0.258 e. The minimum atomic E-state index is -2.49. The number of rotatable bonds is 11. The molecule has 0 radical (unpaired) electrons. The lowest BCUT2D eigenvalue weighted by molar-refractivity contribution is -0.395. The lowest BCUT2D eigenvalue weighted by Crippen LogP contribution is -2.44. The van der Waals surface area contributed by atoms with Crippen LogP contribution in [-0.2, 0) is 11.3 Å². The van der Waals surface area contributed by atoms with Crippen LogP contribution in [-0.4, -0.2) is 42.5 Å². The van der Waals surface area contributed by atoms with Crippen molar-refractivity contribution >= 4 is 45.6 Å². The maximum atomic E-state index is 13.2. The summed E-state index contributed by atoms with van der Waals surface area (Å²) in [4.78, 5) is 68.2. The molecule has 58 heavy (non-hydrogen) atoms. The van der Waals surface area contributed by atoms with Gasteiger partial charge in [-0.3, -0.25) is 40.5 Å². The zero-order valence-electron chi connectivity index (χ0n) is 29.9. The number of non-ortho nitro benzene ring substituents is 2. The Hall–Kier alpha value is -8.40. The number of hydrogen-bond acceptors (Lipinski definition) is 12. The summed E-state index contributed by atoms with van der Waals surface area (Å²) in [6, 6.07) is 40.9. The molecule has 6 aromatic carbocycles. The normalized spacial score (nSPS) is 15.1. The first-order valence-corrected chi connectivity index (χ1v) is 17.5. The van der Waals surface area contributed by atoms with E-state index < -0.39 is 53.8 Å². The Kier molecular flexibility index (Phi) is 9.05. The lowest BCUT2D eigenvalue weighted by atomic mass is 9.80. The van der Waals surface area contributed by atoms with Crippen molar-refractivity contribution in [1.29, 1.82) is 0 Å². The third-order valence-electron chi connectivity index (χ3n) is 9.75. The first-order valence-electron chi connectivity index (χ1n) is 17.5. The fourth-order valence-electron chi connectivity index (χ4n) is 7.19. The highest BCUT2D eigenvalue weighted by molar-refractivity contribution is 6.55. The molecule has 0 amide bonds. The van der Waals surface area contributed by atoms with Gasteiger partial charge in [0.2, 0.25) is 11.3 Å². The average molecular weight is 771 g/mol. The van der Waals surface area contributed by atoms with Crippen LogP contribution in [0.3, 0.4) is 0 Å². The van der Waals surface area contributed by atoms with E-state index >= 15 is 0 Å². The Labute approximate surface area is 327 Å². The molecule has 2 heterocycles. The fraction of sp³-hybridized carbons (Fsp3) is 0.0476. The molecule has 2 aliphatic rings. The summed E-state index contributed by atoms with van der Waals surface area (Å²) in [7, 11) is 0. The van der Waals surface area contributed by atoms with Crippen LogP contribution in [0.15, 0.2) is 178 Å². The molecule has 0 aromatic heterocycles. The van der Waals surface area contributed by atoms with Gasteiger partial charge in [0.1, 0.15) is 0 Å². The van der Waals surface area contributed by atoms with E-state index in [-0.39, 0.29) is 34.0 Å². The zero-order valence-corrected chi connectivity index (χ0v) is 29.9. The van der Waals surface area contributed by atoms with Gasteiger partial charge in [0.15, 0.2) is 0 Å². The highest BCUT2D eigenvalue weighted by atomic mass is 16.6. The van der Waals surface area contributed by atoms with Crippen LogP contribution >= 0.6 is 0 Å². The Morgan fingerprint density at radius 2 is 0.603 bits per heavy atom. The second-order valence-electron chi connectivity index (χ2n) is 13.1. The highest BCUT2D eigenvalue weighted by Gasteiger charge is 2.64. The van der Waals surface area contributed by atoms with Crippen molar-refractivity contribution in [3.63, 3.8) is 0 Å². The van der Waals surface area contributed by atoms with Crippen molar-refractivity contribution in [2.75, 3.05) is 0 Å². The van der Waals surface area contributed by atoms with Gasteiger partial charge in [-0.15, -0.1) is 0 Å². The largest absolute Gasteiger partial charge is 0.284 e. The number of aliphatic imine (C=N–C) groups is 4. The van der Waals surface area contributed by atoms with Crippen molar-refractivity contribution in [1.82, 2.24) is 0 Å². The zero-order chi connectivity index (χ0) is 40.6. The third-order valence-corrected chi connectivity index (χ3v) is 9.75. The van der Waals surface area contributed by atoms with E-state index in [2.05, 4.69) is 0 Å². The van der Waals surface area contributed by atoms with Crippen LogP contribution in [0.1, 0.15) is 33.4 Å². The molecule has 0 saturated heterocycles. The Bertz CT molecular complexity index is 2490. The molecular weight excluding hydrogens is 745 g/mol. The summed E-state index contributed by atoms with van der Waals surface area (Å²) >= 11 is 0. The maximum absolute atomic E-state index is 13.2. The molecular formula is C42H26N8O8. The maximum Gasteiger partial charge on any atom is 0.284 e. The van der Waals surface area contributed by atoms with Gasteiger partial charge in [0, 0.05) is 34.4 Å². The molecule has 16 nitrogen and oxygen atoms in total. The summed E-state index contributed by atoms with van der Waals surface area (Å²) < 4.78 is 0. The molecule has 0 N–H and O–H groups in total. The summed E-state index contributed by atoms with van der Waals surface area (Å²) in [5, 5.41) is 50.4. The topological polar surface area (TPSA) is 222 Å². The summed E-state index contributed by atoms with van der Waals surface area (Å²) in [5.74, 6) is 0. The second kappa shape index (κ2) is 14.3. The van der Waals surface area contributed by atoms with Gasteiger partial charge >= 0.3 is 0 Å². The average Bonchev–Trinajstić information content (AvgIpc) is 3.87. The molecule has 0 aliphatic carbocycles. The molecule has 0 saturated carbocycles. The molecule has 0 unspecified atom stereocenters. The number of benzene rings is 6. The minimum Gasteiger partial charge on any atom is -0.258 e. The SMILES string of the molecule is O=[N+]([O-])c1ccc(C2(C3(c4ccc([N+](=O)[O-])cc4[N+](=O)[O-])N=C(c4ccccc4)C(c4ccccc4)=N3)N=C(c3ccccc3)C(c3ccccc3)=N2)c([N+](=O)[O-])c1. The molecule has 282 valence electrons. The standard InChI is InChI=1S/C42H26N8O8/c51-47(52)31-21-23-33(35(25-31)49(55)56)41(43-37(27-13-5-1-6-14-27)38(44-41)28-15-7-2-8-16-28)42(34-24-22-32(48(53)54)26-36(34)50(57)58)45-39(29-17-9-3-10-18-29)40(46-42)30-19-11-4-12-20-30/h1-26H.